The minimum Gasteiger partial charge on any atom is -0.497 e. The van der Waals surface area contributed by atoms with Gasteiger partial charge < -0.3 is 18.3 Å². The van der Waals surface area contributed by atoms with Crippen molar-refractivity contribution in [3.63, 3.8) is 0 Å². The van der Waals surface area contributed by atoms with Gasteiger partial charge >= 0.3 is 11.3 Å². The molecular weight excluding hydrogens is 482 g/mol. The molecule has 0 bridgehead atoms. The molecule has 0 aliphatic carbocycles. The third-order valence-corrected chi connectivity index (χ3v) is 6.20. The number of nitrogens with zero attached hydrogens (tertiary/aromatic N) is 2. The Morgan fingerprint density at radius 1 is 1.08 bits per heavy atom. The molecule has 10 heteroatoms. The highest BCUT2D eigenvalue weighted by atomic mass is 32.1. The first-order chi connectivity index (χ1) is 17.5. The molecule has 3 aromatic heterocycles. The van der Waals surface area contributed by atoms with Crippen molar-refractivity contribution in [3.8, 4) is 22.8 Å². The Labute approximate surface area is 208 Å². The Bertz CT molecular complexity index is 1730. The van der Waals surface area contributed by atoms with Crippen molar-refractivity contribution in [2.45, 2.75) is 13.8 Å². The first-order valence-corrected chi connectivity index (χ1v) is 11.9. The molecule has 0 saturated carbocycles. The maximum atomic E-state index is 12.6. The van der Waals surface area contributed by atoms with Crippen LogP contribution in [-0.4, -0.2) is 24.4 Å². The second kappa shape index (κ2) is 9.67. The molecule has 0 aliphatic rings. The van der Waals surface area contributed by atoms with Crippen LogP contribution in [-0.2, 0) is 0 Å². The normalized spacial score (nSPS) is 11.7. The summed E-state index contributed by atoms with van der Waals surface area (Å²) < 4.78 is 21.7. The van der Waals surface area contributed by atoms with Crippen LogP contribution in [0.15, 0.2) is 77.4 Å². The van der Waals surface area contributed by atoms with Crippen LogP contribution < -0.4 is 26.2 Å². The third kappa shape index (κ3) is 4.46. The van der Waals surface area contributed by atoms with Crippen LogP contribution >= 0.6 is 11.3 Å². The van der Waals surface area contributed by atoms with E-state index in [0.717, 1.165) is 10.8 Å². The molecule has 0 amide bonds. The highest BCUT2D eigenvalue weighted by Gasteiger charge is 2.14. The van der Waals surface area contributed by atoms with E-state index in [1.54, 1.807) is 49.7 Å². The lowest BCUT2D eigenvalue weighted by Gasteiger charge is -2.07. The van der Waals surface area contributed by atoms with E-state index in [2.05, 4.69) is 15.5 Å². The van der Waals surface area contributed by atoms with E-state index >= 15 is 0 Å². The molecular formula is C26H21N3O6S. The van der Waals surface area contributed by atoms with Crippen molar-refractivity contribution < 1.29 is 18.3 Å². The highest BCUT2D eigenvalue weighted by Crippen LogP contribution is 2.28. The summed E-state index contributed by atoms with van der Waals surface area (Å²) in [6.45, 7) is 4.01. The van der Waals surface area contributed by atoms with Crippen molar-refractivity contribution >= 4 is 44.1 Å². The monoisotopic (exact) mass is 503 g/mol. The zero-order valence-electron chi connectivity index (χ0n) is 19.7. The van der Waals surface area contributed by atoms with Gasteiger partial charge in [0.05, 0.1) is 36.2 Å². The number of hydrogen-bond donors (Lipinski definition) is 1. The molecule has 5 rings (SSSR count). The minimum absolute atomic E-state index is 0.311. The molecule has 0 saturated heterocycles. The van der Waals surface area contributed by atoms with E-state index in [0.29, 0.717) is 56.9 Å². The number of thiazole rings is 1. The van der Waals surface area contributed by atoms with E-state index in [9.17, 15) is 9.59 Å². The van der Waals surface area contributed by atoms with Crippen LogP contribution in [0.25, 0.3) is 33.2 Å². The van der Waals surface area contributed by atoms with Gasteiger partial charge in [-0.1, -0.05) is 12.1 Å². The summed E-state index contributed by atoms with van der Waals surface area (Å²) in [5.41, 5.74) is 4.16. The highest BCUT2D eigenvalue weighted by molar-refractivity contribution is 7.14. The van der Waals surface area contributed by atoms with Gasteiger partial charge in [-0.3, -0.25) is 5.43 Å². The van der Waals surface area contributed by atoms with Crippen LogP contribution in [0.2, 0.25) is 0 Å². The van der Waals surface area contributed by atoms with E-state index in [-0.39, 0.29) is 0 Å². The first kappa shape index (κ1) is 23.3. The van der Waals surface area contributed by atoms with Gasteiger partial charge in [0.15, 0.2) is 11.3 Å². The molecule has 9 nitrogen and oxygen atoms in total. The Kier molecular flexibility index (Phi) is 6.26. The fourth-order valence-corrected chi connectivity index (χ4v) is 4.33. The van der Waals surface area contributed by atoms with Gasteiger partial charge in [-0.15, -0.1) is 11.3 Å². The summed E-state index contributed by atoms with van der Waals surface area (Å²) in [7, 11) is 1.55. The second-order valence-corrected chi connectivity index (χ2v) is 8.61. The summed E-state index contributed by atoms with van der Waals surface area (Å²) in [6.07, 6.45) is 0. The molecule has 0 fully saturated rings. The number of ether oxygens (including phenoxy) is 2. The van der Waals surface area contributed by atoms with Crippen molar-refractivity contribution in [1.82, 2.24) is 4.98 Å². The number of anilines is 1. The molecule has 0 atom stereocenters. The number of benzene rings is 2. The number of fused-ring (bicyclic) bond motifs is 2. The van der Waals surface area contributed by atoms with Crippen LogP contribution in [0.4, 0.5) is 5.13 Å². The molecule has 1 N–H and O–H groups in total. The first-order valence-electron chi connectivity index (χ1n) is 11.0. The van der Waals surface area contributed by atoms with Gasteiger partial charge in [-0.25, -0.2) is 14.6 Å². The predicted molar refractivity (Wildman–Crippen MR) is 140 cm³/mol. The Balaban J connectivity index is 1.41. The predicted octanol–water partition coefficient (Wildman–Crippen LogP) is 5.27. The third-order valence-electron chi connectivity index (χ3n) is 5.46. The molecule has 36 heavy (non-hydrogen) atoms. The van der Waals surface area contributed by atoms with Gasteiger partial charge in [0.25, 0.3) is 0 Å². The summed E-state index contributed by atoms with van der Waals surface area (Å²) in [4.78, 5) is 29.6. The minimum atomic E-state index is -0.525. The van der Waals surface area contributed by atoms with E-state index in [1.165, 1.54) is 11.3 Å². The molecule has 0 radical (unpaired) electrons. The molecule has 182 valence electrons. The Morgan fingerprint density at radius 2 is 1.94 bits per heavy atom. The molecule has 0 unspecified atom stereocenters. The number of aromatic nitrogens is 1. The molecule has 3 heterocycles. The van der Waals surface area contributed by atoms with Gasteiger partial charge in [-0.05, 0) is 44.2 Å². The van der Waals surface area contributed by atoms with Crippen molar-refractivity contribution in [3.05, 3.63) is 80.3 Å². The van der Waals surface area contributed by atoms with Gasteiger partial charge in [0.1, 0.15) is 11.3 Å². The standard InChI is InChI=1S/C26H21N3O6S/c1-4-33-21-7-5-6-16-11-18(24(30)35-23(16)21)14(2)28-29-26-27-20(13-36-26)19-10-15-8-9-17(32-3)12-22(15)34-25(19)31/h5-13H,4H2,1-3H3,(H,27,29)/b28-14+. The lowest BCUT2D eigenvalue weighted by molar-refractivity contribution is 0.337. The summed E-state index contributed by atoms with van der Waals surface area (Å²) in [5.74, 6) is 1.11. The second-order valence-electron chi connectivity index (χ2n) is 7.75. The molecule has 0 aliphatic heterocycles. The van der Waals surface area contributed by atoms with Gasteiger partial charge in [-0.2, -0.15) is 5.10 Å². The maximum Gasteiger partial charge on any atom is 0.345 e. The summed E-state index contributed by atoms with van der Waals surface area (Å²) in [6, 6.07) is 14.1. The van der Waals surface area contributed by atoms with Crippen LogP contribution in [0.5, 0.6) is 11.5 Å². The van der Waals surface area contributed by atoms with Crippen LogP contribution in [0.1, 0.15) is 19.4 Å². The van der Waals surface area contributed by atoms with Crippen LogP contribution in [0.3, 0.4) is 0 Å². The van der Waals surface area contributed by atoms with E-state index in [1.807, 2.05) is 25.1 Å². The fraction of sp³-hybridized carbons (Fsp3) is 0.154. The summed E-state index contributed by atoms with van der Waals surface area (Å²) in [5, 5.41) is 7.95. The lowest BCUT2D eigenvalue weighted by atomic mass is 10.1. The smallest absolute Gasteiger partial charge is 0.345 e. The number of rotatable bonds is 7. The largest absolute Gasteiger partial charge is 0.497 e. The number of methoxy groups -OCH3 is 1. The quantitative estimate of drug-likeness (QED) is 0.181. The molecule has 0 spiro atoms. The maximum absolute atomic E-state index is 12.6. The van der Waals surface area contributed by atoms with Gasteiger partial charge in [0, 0.05) is 22.2 Å². The topological polar surface area (TPSA) is 116 Å². The number of hydrogen-bond acceptors (Lipinski definition) is 10. The average molecular weight is 504 g/mol. The van der Waals surface area contributed by atoms with E-state index < -0.39 is 11.3 Å². The zero-order valence-corrected chi connectivity index (χ0v) is 20.5. The van der Waals surface area contributed by atoms with Crippen LogP contribution in [0, 0.1) is 0 Å². The number of hydrazone groups is 1. The van der Waals surface area contributed by atoms with E-state index in [4.69, 9.17) is 18.3 Å². The Hall–Kier alpha value is -4.44. The van der Waals surface area contributed by atoms with Gasteiger partial charge in [0.2, 0.25) is 5.13 Å². The summed E-state index contributed by atoms with van der Waals surface area (Å²) >= 11 is 1.27. The SMILES string of the molecule is CCOc1cccc2cc(/C(C)=N/Nc3nc(-c4cc5ccc(OC)cc5oc4=O)cs3)c(=O)oc12. The fourth-order valence-electron chi connectivity index (χ4n) is 3.68. The van der Waals surface area contributed by atoms with Crippen molar-refractivity contribution in [2.24, 2.45) is 5.10 Å². The average Bonchev–Trinajstić information content (AvgIpc) is 3.35. The zero-order chi connectivity index (χ0) is 25.2. The molecule has 5 aromatic rings. The number of para-hydroxylation sites is 1. The number of nitrogens with one attached hydrogen (secondary N) is 1. The lowest BCUT2D eigenvalue weighted by Crippen LogP contribution is -2.13. The van der Waals surface area contributed by atoms with Crippen molar-refractivity contribution in [1.29, 1.82) is 0 Å². The Morgan fingerprint density at radius 3 is 2.75 bits per heavy atom. The molecule has 2 aromatic carbocycles. The van der Waals surface area contributed by atoms with Crippen molar-refractivity contribution in [2.75, 3.05) is 19.1 Å².